The van der Waals surface area contributed by atoms with Crippen molar-refractivity contribution < 1.29 is 19.4 Å². The van der Waals surface area contributed by atoms with Crippen LogP contribution in [0.1, 0.15) is 36.2 Å². The van der Waals surface area contributed by atoms with Crippen molar-refractivity contribution in [3.05, 3.63) is 65.7 Å². The van der Waals surface area contributed by atoms with Crippen molar-refractivity contribution in [1.29, 1.82) is 0 Å². The Balaban J connectivity index is 1.68. The molecule has 2 N–H and O–H groups in total. The predicted molar refractivity (Wildman–Crippen MR) is 106 cm³/mol. The van der Waals surface area contributed by atoms with Gasteiger partial charge in [-0.15, -0.1) is 0 Å². The zero-order valence-corrected chi connectivity index (χ0v) is 16.1. The van der Waals surface area contributed by atoms with Crippen LogP contribution in [0.3, 0.4) is 0 Å². The molecule has 0 aliphatic carbocycles. The zero-order valence-electron chi connectivity index (χ0n) is 16.1. The van der Waals surface area contributed by atoms with Crippen molar-refractivity contribution in [2.45, 2.75) is 32.5 Å². The molecule has 0 aromatic heterocycles. The summed E-state index contributed by atoms with van der Waals surface area (Å²) in [4.78, 5) is 12.4. The third-order valence-corrected chi connectivity index (χ3v) is 3.92. The van der Waals surface area contributed by atoms with E-state index in [2.05, 4.69) is 5.32 Å². The summed E-state index contributed by atoms with van der Waals surface area (Å²) in [5.41, 5.74) is 1.27. The fourth-order valence-corrected chi connectivity index (χ4v) is 2.49. The number of hydrogen-bond acceptors (Lipinski definition) is 5. The average Bonchev–Trinajstić information content (AvgIpc) is 2.69. The highest BCUT2D eigenvalue weighted by Crippen LogP contribution is 2.15. The molecule has 0 heterocycles. The lowest BCUT2D eigenvalue weighted by Crippen LogP contribution is -2.32. The molecule has 0 bridgehead atoms. The molecule has 0 saturated heterocycles. The topological polar surface area (TPSA) is 67.8 Å². The molecule has 0 radical (unpaired) electrons. The molecular weight excluding hydrogens is 342 g/mol. The van der Waals surface area contributed by atoms with Crippen LogP contribution in [-0.4, -0.2) is 49.4 Å². The molecule has 0 aliphatic heterocycles. The van der Waals surface area contributed by atoms with Crippen molar-refractivity contribution in [3.63, 3.8) is 0 Å². The fraction of sp³-hybridized carbons (Fsp3) is 0.409. The molecular formula is C22H29NO4. The van der Waals surface area contributed by atoms with Crippen molar-refractivity contribution in [2.75, 3.05) is 26.3 Å². The molecule has 0 amide bonds. The van der Waals surface area contributed by atoms with Gasteiger partial charge in [0.15, 0.2) is 5.78 Å². The second-order valence-corrected chi connectivity index (χ2v) is 6.66. The van der Waals surface area contributed by atoms with Gasteiger partial charge in [0.2, 0.25) is 0 Å². The predicted octanol–water partition coefficient (Wildman–Crippen LogP) is 3.06. The Labute approximate surface area is 161 Å². The van der Waals surface area contributed by atoms with Crippen LogP contribution in [0.5, 0.6) is 5.75 Å². The molecule has 1 unspecified atom stereocenters. The van der Waals surface area contributed by atoms with Gasteiger partial charge in [-0.3, -0.25) is 4.79 Å². The summed E-state index contributed by atoms with van der Waals surface area (Å²) in [7, 11) is 0. The molecule has 0 spiro atoms. The van der Waals surface area contributed by atoms with Gasteiger partial charge in [0.25, 0.3) is 0 Å². The number of carbonyl (C=O) groups is 1. The normalized spacial score (nSPS) is 12.1. The molecule has 2 aromatic carbocycles. The summed E-state index contributed by atoms with van der Waals surface area (Å²) in [5, 5.41) is 13.2. The Morgan fingerprint density at radius 3 is 2.37 bits per heavy atom. The van der Waals surface area contributed by atoms with E-state index < -0.39 is 6.10 Å². The van der Waals surface area contributed by atoms with Crippen LogP contribution in [0, 0.1) is 0 Å². The van der Waals surface area contributed by atoms with E-state index in [1.165, 1.54) is 0 Å². The first-order chi connectivity index (χ1) is 13.1. The first-order valence-electron chi connectivity index (χ1n) is 9.39. The highest BCUT2D eigenvalue weighted by atomic mass is 16.5. The number of nitrogens with one attached hydrogen (secondary N) is 1. The standard InChI is InChI=1S/C22H29NO4/c1-17(2)26-14-6-13-23-15-20(24)16-27-21-11-9-19(10-12-21)22(25)18-7-4-3-5-8-18/h3-5,7-12,17,20,23-24H,6,13-16H2,1-2H3. The van der Waals surface area contributed by atoms with E-state index in [4.69, 9.17) is 9.47 Å². The number of aliphatic hydroxyl groups excluding tert-OH is 1. The van der Waals surface area contributed by atoms with Gasteiger partial charge in [-0.1, -0.05) is 30.3 Å². The van der Waals surface area contributed by atoms with Gasteiger partial charge in [-0.25, -0.2) is 0 Å². The SMILES string of the molecule is CC(C)OCCCNCC(O)COc1ccc(C(=O)c2ccccc2)cc1. The van der Waals surface area contributed by atoms with E-state index in [1.54, 1.807) is 36.4 Å². The first-order valence-corrected chi connectivity index (χ1v) is 9.39. The molecule has 0 aliphatic rings. The average molecular weight is 371 g/mol. The van der Waals surface area contributed by atoms with Crippen molar-refractivity contribution >= 4 is 5.78 Å². The maximum absolute atomic E-state index is 12.4. The van der Waals surface area contributed by atoms with Crippen LogP contribution in [0.4, 0.5) is 0 Å². The minimum atomic E-state index is -0.596. The molecule has 5 heteroatoms. The van der Waals surface area contributed by atoms with Crippen LogP contribution >= 0.6 is 0 Å². The van der Waals surface area contributed by atoms with Gasteiger partial charge >= 0.3 is 0 Å². The minimum absolute atomic E-state index is 0.0205. The molecule has 2 rings (SSSR count). The van der Waals surface area contributed by atoms with Gasteiger partial charge in [0.05, 0.1) is 6.10 Å². The summed E-state index contributed by atoms with van der Waals surface area (Å²) in [6, 6.07) is 16.1. The van der Waals surface area contributed by atoms with Crippen molar-refractivity contribution in [3.8, 4) is 5.75 Å². The number of aliphatic hydroxyl groups is 1. The summed E-state index contributed by atoms with van der Waals surface area (Å²) in [5.74, 6) is 0.608. The summed E-state index contributed by atoms with van der Waals surface area (Å²) < 4.78 is 11.0. The van der Waals surface area contributed by atoms with E-state index in [1.807, 2.05) is 32.0 Å². The third-order valence-electron chi connectivity index (χ3n) is 3.92. The molecule has 146 valence electrons. The lowest BCUT2D eigenvalue weighted by Gasteiger charge is -2.14. The molecule has 0 saturated carbocycles. The van der Waals surface area contributed by atoms with E-state index >= 15 is 0 Å². The number of hydrogen-bond donors (Lipinski definition) is 2. The Bertz CT molecular complexity index is 670. The van der Waals surface area contributed by atoms with E-state index in [-0.39, 0.29) is 18.5 Å². The maximum Gasteiger partial charge on any atom is 0.193 e. The number of rotatable bonds is 12. The molecule has 5 nitrogen and oxygen atoms in total. The Kier molecular flexibility index (Phi) is 8.98. The molecule has 27 heavy (non-hydrogen) atoms. The lowest BCUT2D eigenvalue weighted by atomic mass is 10.0. The fourth-order valence-electron chi connectivity index (χ4n) is 2.49. The van der Waals surface area contributed by atoms with Gasteiger partial charge in [0.1, 0.15) is 18.5 Å². The number of carbonyl (C=O) groups excluding carboxylic acids is 1. The summed E-state index contributed by atoms with van der Waals surface area (Å²) >= 11 is 0. The van der Waals surface area contributed by atoms with Crippen LogP contribution < -0.4 is 10.1 Å². The second-order valence-electron chi connectivity index (χ2n) is 6.66. The Hall–Kier alpha value is -2.21. The highest BCUT2D eigenvalue weighted by molar-refractivity contribution is 6.08. The monoisotopic (exact) mass is 371 g/mol. The highest BCUT2D eigenvalue weighted by Gasteiger charge is 2.09. The number of ketones is 1. The van der Waals surface area contributed by atoms with E-state index in [0.29, 0.717) is 30.0 Å². The molecule has 2 aromatic rings. The van der Waals surface area contributed by atoms with Crippen molar-refractivity contribution in [2.24, 2.45) is 0 Å². The van der Waals surface area contributed by atoms with Crippen LogP contribution in [0.15, 0.2) is 54.6 Å². The van der Waals surface area contributed by atoms with Crippen LogP contribution in [0.25, 0.3) is 0 Å². The molecule has 1 atom stereocenters. The number of ether oxygens (including phenoxy) is 2. The summed E-state index contributed by atoms with van der Waals surface area (Å²) in [6.07, 6.45) is 0.558. The van der Waals surface area contributed by atoms with Crippen molar-refractivity contribution in [1.82, 2.24) is 5.32 Å². The van der Waals surface area contributed by atoms with Gasteiger partial charge in [-0.05, 0) is 51.1 Å². The maximum atomic E-state index is 12.4. The smallest absolute Gasteiger partial charge is 0.193 e. The number of benzene rings is 2. The quantitative estimate of drug-likeness (QED) is 0.443. The van der Waals surface area contributed by atoms with Gasteiger partial charge in [-0.2, -0.15) is 0 Å². The first kappa shape index (κ1) is 21.1. The zero-order chi connectivity index (χ0) is 19.5. The minimum Gasteiger partial charge on any atom is -0.491 e. The largest absolute Gasteiger partial charge is 0.491 e. The van der Waals surface area contributed by atoms with Gasteiger partial charge < -0.3 is 19.9 Å². The van der Waals surface area contributed by atoms with Gasteiger partial charge in [0, 0.05) is 24.3 Å². The van der Waals surface area contributed by atoms with E-state index in [0.717, 1.165) is 13.0 Å². The Morgan fingerprint density at radius 1 is 1.04 bits per heavy atom. The van der Waals surface area contributed by atoms with Crippen LogP contribution in [0.2, 0.25) is 0 Å². The lowest BCUT2D eigenvalue weighted by molar-refractivity contribution is 0.0749. The Morgan fingerprint density at radius 2 is 1.70 bits per heavy atom. The third kappa shape index (κ3) is 7.91. The summed E-state index contributed by atoms with van der Waals surface area (Å²) in [6.45, 7) is 6.19. The van der Waals surface area contributed by atoms with Crippen LogP contribution in [-0.2, 0) is 4.74 Å². The van der Waals surface area contributed by atoms with E-state index in [9.17, 15) is 9.90 Å². The molecule has 0 fully saturated rings. The second kappa shape index (κ2) is 11.5.